The van der Waals surface area contributed by atoms with E-state index in [9.17, 15) is 14.7 Å². The molecule has 0 fully saturated rings. The fourth-order valence-electron chi connectivity index (χ4n) is 2.44. The Balaban J connectivity index is 2.26. The van der Waals surface area contributed by atoms with Gasteiger partial charge in [-0.15, -0.1) is 0 Å². The number of carbonyl (C=O) groups is 2. The predicted octanol–water partition coefficient (Wildman–Crippen LogP) is 3.98. The van der Waals surface area contributed by atoms with Crippen LogP contribution in [0.25, 0.3) is 0 Å². The number of hydrogen-bond acceptors (Lipinski definition) is 3. The number of carbonyl (C=O) groups excluding carboxylic acids is 1. The third kappa shape index (κ3) is 5.03. The highest BCUT2D eigenvalue weighted by Crippen LogP contribution is 2.25. The summed E-state index contributed by atoms with van der Waals surface area (Å²) < 4.78 is 0. The molecule has 25 heavy (non-hydrogen) atoms. The molecule has 1 unspecified atom stereocenters. The van der Waals surface area contributed by atoms with Crippen LogP contribution in [0.1, 0.15) is 54.7 Å². The molecular formula is C19H21ClN2O3. The molecule has 2 N–H and O–H groups in total. The van der Waals surface area contributed by atoms with Gasteiger partial charge in [-0.1, -0.05) is 56.6 Å². The number of halogens is 1. The lowest BCUT2D eigenvalue weighted by Gasteiger charge is -2.22. The van der Waals surface area contributed by atoms with E-state index in [1.165, 1.54) is 18.5 Å². The lowest BCUT2D eigenvalue weighted by Crippen LogP contribution is -2.30. The van der Waals surface area contributed by atoms with Crippen LogP contribution in [0.2, 0.25) is 5.02 Å². The van der Waals surface area contributed by atoms with Crippen molar-refractivity contribution in [3.05, 3.63) is 64.4 Å². The summed E-state index contributed by atoms with van der Waals surface area (Å²) >= 11 is 5.99. The molecule has 1 heterocycles. The molecular weight excluding hydrogens is 340 g/mol. The van der Waals surface area contributed by atoms with Crippen molar-refractivity contribution in [2.24, 2.45) is 0 Å². The van der Waals surface area contributed by atoms with E-state index >= 15 is 0 Å². The highest BCUT2D eigenvalue weighted by molar-refractivity contribution is 6.33. The summed E-state index contributed by atoms with van der Waals surface area (Å²) in [5.41, 5.74) is 2.12. The van der Waals surface area contributed by atoms with Gasteiger partial charge in [0, 0.05) is 12.4 Å². The van der Waals surface area contributed by atoms with E-state index < -0.39 is 17.9 Å². The average Bonchev–Trinajstić information content (AvgIpc) is 2.53. The first kappa shape index (κ1) is 18.9. The number of rotatable bonds is 5. The molecule has 0 bridgehead atoms. The van der Waals surface area contributed by atoms with Gasteiger partial charge in [-0.3, -0.25) is 14.6 Å². The van der Waals surface area contributed by atoms with Crippen LogP contribution in [0.5, 0.6) is 0 Å². The molecule has 1 aromatic heterocycles. The molecule has 2 rings (SSSR count). The van der Waals surface area contributed by atoms with Crippen LogP contribution < -0.4 is 5.32 Å². The average molecular weight is 361 g/mol. The zero-order valence-corrected chi connectivity index (χ0v) is 15.2. The third-order valence-corrected chi connectivity index (χ3v) is 4.18. The SMILES string of the molecule is CC(C)(C)c1ccc(C(CC(=O)O)NC(=O)c2ccncc2Cl)cc1. The van der Waals surface area contributed by atoms with Crippen molar-refractivity contribution in [1.29, 1.82) is 0 Å². The number of pyridine rings is 1. The molecule has 5 nitrogen and oxygen atoms in total. The van der Waals surface area contributed by atoms with Gasteiger partial charge in [0.15, 0.2) is 0 Å². The van der Waals surface area contributed by atoms with E-state index in [-0.39, 0.29) is 22.4 Å². The van der Waals surface area contributed by atoms with Gasteiger partial charge in [0.2, 0.25) is 0 Å². The second-order valence-corrected chi connectivity index (χ2v) is 7.26. The van der Waals surface area contributed by atoms with Crippen LogP contribution in [0.3, 0.4) is 0 Å². The van der Waals surface area contributed by atoms with E-state index in [0.29, 0.717) is 0 Å². The second-order valence-electron chi connectivity index (χ2n) is 6.85. The highest BCUT2D eigenvalue weighted by Gasteiger charge is 2.21. The van der Waals surface area contributed by atoms with E-state index in [1.807, 2.05) is 24.3 Å². The monoisotopic (exact) mass is 360 g/mol. The number of carboxylic acids is 1. The number of aromatic nitrogens is 1. The lowest BCUT2D eigenvalue weighted by atomic mass is 9.86. The highest BCUT2D eigenvalue weighted by atomic mass is 35.5. The molecule has 1 amide bonds. The Labute approximate surface area is 152 Å². The van der Waals surface area contributed by atoms with Gasteiger partial charge < -0.3 is 10.4 Å². The van der Waals surface area contributed by atoms with E-state index in [1.54, 1.807) is 0 Å². The van der Waals surface area contributed by atoms with Crippen LogP contribution in [-0.4, -0.2) is 22.0 Å². The van der Waals surface area contributed by atoms with Crippen LogP contribution >= 0.6 is 11.6 Å². The minimum Gasteiger partial charge on any atom is -0.481 e. The first-order valence-corrected chi connectivity index (χ1v) is 8.29. The van der Waals surface area contributed by atoms with Gasteiger partial charge in [0.05, 0.1) is 23.0 Å². The maximum absolute atomic E-state index is 12.4. The summed E-state index contributed by atoms with van der Waals surface area (Å²) in [6.07, 6.45) is 2.62. The minimum absolute atomic E-state index is 0.00532. The van der Waals surface area contributed by atoms with Gasteiger partial charge in [-0.25, -0.2) is 0 Å². The molecule has 1 atom stereocenters. The number of amides is 1. The summed E-state index contributed by atoms with van der Waals surface area (Å²) in [7, 11) is 0. The number of nitrogens with one attached hydrogen (secondary N) is 1. The summed E-state index contributed by atoms with van der Waals surface area (Å²) in [5.74, 6) is -1.43. The molecule has 0 saturated carbocycles. The van der Waals surface area contributed by atoms with Crippen molar-refractivity contribution >= 4 is 23.5 Å². The van der Waals surface area contributed by atoms with Gasteiger partial charge in [-0.05, 0) is 22.6 Å². The molecule has 2 aromatic rings. The van der Waals surface area contributed by atoms with Crippen LogP contribution in [0.15, 0.2) is 42.7 Å². The smallest absolute Gasteiger partial charge is 0.305 e. The van der Waals surface area contributed by atoms with Crippen LogP contribution in [-0.2, 0) is 10.2 Å². The van der Waals surface area contributed by atoms with Crippen molar-refractivity contribution < 1.29 is 14.7 Å². The third-order valence-electron chi connectivity index (χ3n) is 3.88. The Morgan fingerprint density at radius 2 is 1.84 bits per heavy atom. The van der Waals surface area contributed by atoms with Crippen LogP contribution in [0, 0.1) is 0 Å². The Morgan fingerprint density at radius 1 is 1.20 bits per heavy atom. The van der Waals surface area contributed by atoms with Crippen LogP contribution in [0.4, 0.5) is 0 Å². The largest absolute Gasteiger partial charge is 0.481 e. The van der Waals surface area contributed by atoms with Crippen molar-refractivity contribution in [2.75, 3.05) is 0 Å². The van der Waals surface area contributed by atoms with Crippen molar-refractivity contribution in [1.82, 2.24) is 10.3 Å². The molecule has 132 valence electrons. The minimum atomic E-state index is -0.994. The fourth-order valence-corrected chi connectivity index (χ4v) is 2.64. The molecule has 6 heteroatoms. The molecule has 0 aliphatic rings. The van der Waals surface area contributed by atoms with Gasteiger partial charge in [0.25, 0.3) is 5.91 Å². The first-order chi connectivity index (χ1) is 11.7. The Kier molecular flexibility index (Phi) is 5.80. The molecule has 0 aliphatic carbocycles. The fraction of sp³-hybridized carbons (Fsp3) is 0.316. The first-order valence-electron chi connectivity index (χ1n) is 7.91. The number of carboxylic acid groups (broad SMARTS) is 1. The summed E-state index contributed by atoms with van der Waals surface area (Å²) in [4.78, 5) is 27.5. The Hall–Kier alpha value is -2.40. The van der Waals surface area contributed by atoms with Gasteiger partial charge in [0.1, 0.15) is 0 Å². The predicted molar refractivity (Wildman–Crippen MR) is 96.8 cm³/mol. The van der Waals surface area contributed by atoms with E-state index in [4.69, 9.17) is 11.6 Å². The topological polar surface area (TPSA) is 79.3 Å². The lowest BCUT2D eigenvalue weighted by molar-refractivity contribution is -0.137. The number of nitrogens with zero attached hydrogens (tertiary/aromatic N) is 1. The quantitative estimate of drug-likeness (QED) is 0.845. The second kappa shape index (κ2) is 7.66. The Bertz CT molecular complexity index is 767. The zero-order valence-electron chi connectivity index (χ0n) is 14.4. The summed E-state index contributed by atoms with van der Waals surface area (Å²) in [6, 6.07) is 8.46. The van der Waals surface area contributed by atoms with Crippen molar-refractivity contribution in [2.45, 2.75) is 38.6 Å². The summed E-state index contributed by atoms with van der Waals surface area (Å²) in [5, 5.41) is 12.1. The van der Waals surface area contributed by atoms with Gasteiger partial charge >= 0.3 is 5.97 Å². The standard InChI is InChI=1S/C19H21ClN2O3/c1-19(2,3)13-6-4-12(5-7-13)16(10-17(23)24)22-18(25)14-8-9-21-11-15(14)20/h4-9,11,16H,10H2,1-3H3,(H,22,25)(H,23,24). The van der Waals surface area contributed by atoms with E-state index in [0.717, 1.165) is 11.1 Å². The number of hydrogen-bond donors (Lipinski definition) is 2. The molecule has 1 aromatic carbocycles. The molecule has 0 spiro atoms. The maximum Gasteiger partial charge on any atom is 0.305 e. The normalized spacial score (nSPS) is 12.5. The van der Waals surface area contributed by atoms with Gasteiger partial charge in [-0.2, -0.15) is 0 Å². The Morgan fingerprint density at radius 3 is 2.36 bits per heavy atom. The van der Waals surface area contributed by atoms with Crippen molar-refractivity contribution in [3.63, 3.8) is 0 Å². The summed E-state index contributed by atoms with van der Waals surface area (Å²) in [6.45, 7) is 6.30. The molecule has 0 radical (unpaired) electrons. The molecule has 0 saturated heterocycles. The maximum atomic E-state index is 12.4. The van der Waals surface area contributed by atoms with E-state index in [2.05, 4.69) is 31.1 Å². The number of aliphatic carboxylic acids is 1. The zero-order chi connectivity index (χ0) is 18.6. The van der Waals surface area contributed by atoms with Crippen molar-refractivity contribution in [3.8, 4) is 0 Å². The molecule has 0 aliphatic heterocycles. The number of benzene rings is 1.